The van der Waals surface area contributed by atoms with Gasteiger partial charge in [-0.25, -0.2) is 4.79 Å². The summed E-state index contributed by atoms with van der Waals surface area (Å²) in [5.74, 6) is -1.12. The maximum Gasteiger partial charge on any atom is 0.345 e. The third kappa shape index (κ3) is 6.35. The fourth-order valence-electron chi connectivity index (χ4n) is 1.44. The lowest BCUT2D eigenvalue weighted by Gasteiger charge is -2.04. The molecule has 0 aliphatic heterocycles. The van der Waals surface area contributed by atoms with Crippen LogP contribution in [-0.4, -0.2) is 30.2 Å². The van der Waals surface area contributed by atoms with E-state index in [9.17, 15) is 9.59 Å². The van der Waals surface area contributed by atoms with E-state index in [0.29, 0.717) is 13.2 Å². The van der Waals surface area contributed by atoms with Crippen LogP contribution in [0.4, 0.5) is 0 Å². The fraction of sp³-hybridized carbons (Fsp3) is 0.538. The predicted octanol–water partition coefficient (Wildman–Crippen LogP) is 2.27. The largest absolute Gasteiger partial charge is 0.477 e. The van der Waals surface area contributed by atoms with Gasteiger partial charge in [0.05, 0.1) is 6.54 Å². The van der Waals surface area contributed by atoms with Crippen LogP contribution in [0.15, 0.2) is 12.1 Å². The quantitative estimate of drug-likeness (QED) is 0.682. The summed E-state index contributed by atoms with van der Waals surface area (Å²) in [6.07, 6.45) is 3.20. The standard InChI is InChI=1S/C13H19NO4S/c1-2-3-4-7-18-9-12(15)14-8-10-5-6-11(19-10)13(16)17/h5-6H,2-4,7-9H2,1H3,(H,14,15)(H,16,17). The smallest absolute Gasteiger partial charge is 0.345 e. The Hall–Kier alpha value is -1.40. The second-order valence-corrected chi connectivity index (χ2v) is 5.28. The summed E-state index contributed by atoms with van der Waals surface area (Å²) in [6.45, 7) is 3.11. The highest BCUT2D eigenvalue weighted by atomic mass is 32.1. The van der Waals surface area contributed by atoms with E-state index in [4.69, 9.17) is 9.84 Å². The van der Waals surface area contributed by atoms with Crippen molar-refractivity contribution in [2.75, 3.05) is 13.2 Å². The van der Waals surface area contributed by atoms with Crippen LogP contribution in [0, 0.1) is 0 Å². The van der Waals surface area contributed by atoms with Crippen molar-refractivity contribution in [3.63, 3.8) is 0 Å². The van der Waals surface area contributed by atoms with Gasteiger partial charge < -0.3 is 15.2 Å². The Morgan fingerprint density at radius 2 is 2.16 bits per heavy atom. The Morgan fingerprint density at radius 3 is 2.79 bits per heavy atom. The topological polar surface area (TPSA) is 75.6 Å². The lowest BCUT2D eigenvalue weighted by Crippen LogP contribution is -2.26. The number of aromatic carboxylic acids is 1. The number of carbonyl (C=O) groups excluding carboxylic acids is 1. The molecule has 19 heavy (non-hydrogen) atoms. The van der Waals surface area contributed by atoms with Gasteiger partial charge in [0.15, 0.2) is 0 Å². The zero-order chi connectivity index (χ0) is 14.1. The molecular formula is C13H19NO4S. The number of rotatable bonds is 9. The molecule has 0 spiro atoms. The summed E-state index contributed by atoms with van der Waals surface area (Å²) in [6, 6.07) is 3.24. The molecule has 1 heterocycles. The van der Waals surface area contributed by atoms with Crippen LogP contribution in [0.5, 0.6) is 0 Å². The molecule has 2 N–H and O–H groups in total. The number of hydrogen-bond donors (Lipinski definition) is 2. The Kier molecular flexibility index (Phi) is 7.14. The number of nitrogens with one attached hydrogen (secondary N) is 1. The monoisotopic (exact) mass is 285 g/mol. The summed E-state index contributed by atoms with van der Waals surface area (Å²) in [5, 5.41) is 11.5. The van der Waals surface area contributed by atoms with E-state index >= 15 is 0 Å². The number of carboxylic acids is 1. The van der Waals surface area contributed by atoms with Crippen LogP contribution in [0.2, 0.25) is 0 Å². The van der Waals surface area contributed by atoms with E-state index in [2.05, 4.69) is 12.2 Å². The van der Waals surface area contributed by atoms with Crippen LogP contribution >= 0.6 is 11.3 Å². The van der Waals surface area contributed by atoms with Gasteiger partial charge in [0.1, 0.15) is 11.5 Å². The van der Waals surface area contributed by atoms with Crippen LogP contribution in [0.1, 0.15) is 40.7 Å². The van der Waals surface area contributed by atoms with Gasteiger partial charge in [0, 0.05) is 11.5 Å². The molecule has 1 rings (SSSR count). The highest BCUT2D eigenvalue weighted by molar-refractivity contribution is 7.13. The molecule has 0 saturated carbocycles. The van der Waals surface area contributed by atoms with E-state index in [1.54, 1.807) is 6.07 Å². The van der Waals surface area contributed by atoms with Gasteiger partial charge in [-0.1, -0.05) is 19.8 Å². The first-order valence-electron chi connectivity index (χ1n) is 6.30. The van der Waals surface area contributed by atoms with Crippen molar-refractivity contribution in [2.45, 2.75) is 32.7 Å². The molecule has 0 aliphatic rings. The fourth-order valence-corrected chi connectivity index (χ4v) is 2.23. The number of amides is 1. The lowest BCUT2D eigenvalue weighted by atomic mass is 10.3. The molecule has 5 nitrogen and oxygen atoms in total. The Balaban J connectivity index is 2.17. The zero-order valence-corrected chi connectivity index (χ0v) is 11.8. The van der Waals surface area contributed by atoms with Gasteiger partial charge in [0.25, 0.3) is 0 Å². The molecule has 0 aliphatic carbocycles. The predicted molar refractivity (Wildman–Crippen MR) is 73.5 cm³/mol. The third-order valence-corrected chi connectivity index (χ3v) is 3.53. The average Bonchev–Trinajstić information content (AvgIpc) is 2.85. The normalized spacial score (nSPS) is 10.4. The third-order valence-electron chi connectivity index (χ3n) is 2.46. The van der Waals surface area contributed by atoms with Crippen molar-refractivity contribution >= 4 is 23.2 Å². The van der Waals surface area contributed by atoms with Crippen LogP contribution in [0.3, 0.4) is 0 Å². The summed E-state index contributed by atoms with van der Waals surface area (Å²) >= 11 is 1.16. The average molecular weight is 285 g/mol. The molecule has 0 bridgehead atoms. The van der Waals surface area contributed by atoms with Crippen LogP contribution < -0.4 is 5.32 Å². The SMILES string of the molecule is CCCCCOCC(=O)NCc1ccc(C(=O)O)s1. The van der Waals surface area contributed by atoms with E-state index in [0.717, 1.165) is 35.5 Å². The first-order valence-corrected chi connectivity index (χ1v) is 7.11. The molecule has 0 aromatic carbocycles. The van der Waals surface area contributed by atoms with Gasteiger partial charge in [-0.2, -0.15) is 0 Å². The van der Waals surface area contributed by atoms with Crippen molar-refractivity contribution in [3.05, 3.63) is 21.9 Å². The second-order valence-electron chi connectivity index (χ2n) is 4.11. The number of carbonyl (C=O) groups is 2. The Labute approximate surface area is 116 Å². The van der Waals surface area contributed by atoms with Gasteiger partial charge in [-0.15, -0.1) is 11.3 Å². The zero-order valence-electron chi connectivity index (χ0n) is 11.0. The molecule has 0 radical (unpaired) electrons. The van der Waals surface area contributed by atoms with Gasteiger partial charge >= 0.3 is 5.97 Å². The molecule has 106 valence electrons. The summed E-state index contributed by atoms with van der Waals surface area (Å²) in [4.78, 5) is 23.2. The minimum Gasteiger partial charge on any atom is -0.477 e. The number of thiophene rings is 1. The molecular weight excluding hydrogens is 266 g/mol. The molecule has 0 saturated heterocycles. The molecule has 0 unspecified atom stereocenters. The number of carboxylic acid groups (broad SMARTS) is 1. The van der Waals surface area contributed by atoms with E-state index < -0.39 is 5.97 Å². The van der Waals surface area contributed by atoms with Gasteiger partial charge in [-0.05, 0) is 18.6 Å². The van der Waals surface area contributed by atoms with Crippen LogP contribution in [0.25, 0.3) is 0 Å². The molecule has 6 heteroatoms. The van der Waals surface area contributed by atoms with Crippen molar-refractivity contribution in [1.29, 1.82) is 0 Å². The minimum atomic E-state index is -0.943. The van der Waals surface area contributed by atoms with E-state index in [-0.39, 0.29) is 17.4 Å². The number of ether oxygens (including phenoxy) is 1. The Bertz CT molecular complexity index is 417. The van der Waals surface area contributed by atoms with Crippen molar-refractivity contribution in [2.24, 2.45) is 0 Å². The molecule has 1 aromatic rings. The van der Waals surface area contributed by atoms with Crippen molar-refractivity contribution in [1.82, 2.24) is 5.32 Å². The van der Waals surface area contributed by atoms with E-state index in [1.165, 1.54) is 6.07 Å². The van der Waals surface area contributed by atoms with Crippen molar-refractivity contribution < 1.29 is 19.4 Å². The Morgan fingerprint density at radius 1 is 1.37 bits per heavy atom. The van der Waals surface area contributed by atoms with Gasteiger partial charge in [-0.3, -0.25) is 4.79 Å². The first kappa shape index (κ1) is 15.7. The van der Waals surface area contributed by atoms with Crippen LogP contribution in [-0.2, 0) is 16.1 Å². The van der Waals surface area contributed by atoms with Crippen molar-refractivity contribution in [3.8, 4) is 0 Å². The molecule has 1 amide bonds. The first-order chi connectivity index (χ1) is 9.13. The number of unbranched alkanes of at least 4 members (excludes halogenated alkanes) is 2. The summed E-state index contributed by atoms with van der Waals surface area (Å²) < 4.78 is 5.23. The maximum atomic E-state index is 11.4. The minimum absolute atomic E-state index is 0.0564. The summed E-state index contributed by atoms with van der Waals surface area (Å²) in [5.41, 5.74) is 0. The molecule has 0 atom stereocenters. The lowest BCUT2D eigenvalue weighted by molar-refractivity contribution is -0.125. The second kappa shape index (κ2) is 8.66. The molecule has 1 aromatic heterocycles. The maximum absolute atomic E-state index is 11.4. The van der Waals surface area contributed by atoms with Gasteiger partial charge in [0.2, 0.25) is 5.91 Å². The highest BCUT2D eigenvalue weighted by Crippen LogP contribution is 2.15. The van der Waals surface area contributed by atoms with E-state index in [1.807, 2.05) is 0 Å². The highest BCUT2D eigenvalue weighted by Gasteiger charge is 2.07. The number of hydrogen-bond acceptors (Lipinski definition) is 4. The molecule has 0 fully saturated rings. The summed E-state index contributed by atoms with van der Waals surface area (Å²) in [7, 11) is 0.